The molecule has 0 fully saturated rings. The van der Waals surface area contributed by atoms with Crippen LogP contribution in [-0.4, -0.2) is 25.3 Å². The summed E-state index contributed by atoms with van der Waals surface area (Å²) in [5, 5.41) is 6.77. The molecule has 3 nitrogen and oxygen atoms in total. The smallest absolute Gasteiger partial charge is 0.166 e. The minimum absolute atomic E-state index is 0.487. The van der Waals surface area contributed by atoms with Crippen molar-refractivity contribution in [3.63, 3.8) is 0 Å². The fourth-order valence-electron chi connectivity index (χ4n) is 1.85. The van der Waals surface area contributed by atoms with Gasteiger partial charge in [-0.3, -0.25) is 0 Å². The fourth-order valence-corrected chi connectivity index (χ4v) is 1.93. The molecule has 16 heavy (non-hydrogen) atoms. The number of hydrogen-bond acceptors (Lipinski definition) is 2. The van der Waals surface area contributed by atoms with Gasteiger partial charge in [-0.2, -0.15) is 0 Å². The van der Waals surface area contributed by atoms with Crippen LogP contribution in [0.5, 0.6) is 5.75 Å². The molecular formula is C12H16N2OS. The summed E-state index contributed by atoms with van der Waals surface area (Å²) in [6.07, 6.45) is 1.05. The van der Waals surface area contributed by atoms with E-state index in [1.54, 1.807) is 0 Å². The van der Waals surface area contributed by atoms with Crippen LogP contribution in [-0.2, 0) is 6.42 Å². The van der Waals surface area contributed by atoms with Crippen molar-refractivity contribution >= 4 is 17.3 Å². The summed E-state index contributed by atoms with van der Waals surface area (Å²) in [5.74, 6) is 1.51. The lowest BCUT2D eigenvalue weighted by molar-refractivity contribution is 0.223. The Balaban J connectivity index is 1.90. The molecule has 0 spiro atoms. The summed E-state index contributed by atoms with van der Waals surface area (Å²) in [5.41, 5.74) is 1.29. The lowest BCUT2D eigenvalue weighted by atomic mass is 9.97. The first kappa shape index (κ1) is 11.2. The molecule has 2 N–H and O–H groups in total. The van der Waals surface area contributed by atoms with Crippen LogP contribution in [0.3, 0.4) is 0 Å². The molecule has 0 aromatic heterocycles. The largest absolute Gasteiger partial charge is 0.493 e. The molecule has 2 rings (SSSR count). The zero-order valence-electron chi connectivity index (χ0n) is 9.32. The van der Waals surface area contributed by atoms with E-state index in [2.05, 4.69) is 22.8 Å². The van der Waals surface area contributed by atoms with Gasteiger partial charge in [-0.1, -0.05) is 18.2 Å². The summed E-state index contributed by atoms with van der Waals surface area (Å²) in [6, 6.07) is 8.21. The van der Waals surface area contributed by atoms with Crippen LogP contribution in [0, 0.1) is 5.92 Å². The Morgan fingerprint density at radius 2 is 2.31 bits per heavy atom. The standard InChI is InChI=1S/C12H16N2OS/c1-13-12(16)14-7-9-6-10-4-2-3-5-11(10)15-8-9/h2-5,9H,6-8H2,1H3,(H2,13,14,16)/t9-/m1/s1. The molecule has 86 valence electrons. The SMILES string of the molecule is CNC(=S)NC[C@@H]1COc2ccccc2C1. The third-order valence-corrected chi connectivity index (χ3v) is 3.08. The minimum Gasteiger partial charge on any atom is -0.493 e. The van der Waals surface area contributed by atoms with Crippen LogP contribution in [0.15, 0.2) is 24.3 Å². The molecule has 0 radical (unpaired) electrons. The van der Waals surface area contributed by atoms with Crippen molar-refractivity contribution < 1.29 is 4.74 Å². The first-order chi connectivity index (χ1) is 7.79. The van der Waals surface area contributed by atoms with Crippen LogP contribution < -0.4 is 15.4 Å². The van der Waals surface area contributed by atoms with Crippen LogP contribution in [0.2, 0.25) is 0 Å². The van der Waals surface area contributed by atoms with Gasteiger partial charge in [0.2, 0.25) is 0 Å². The van der Waals surface area contributed by atoms with E-state index in [1.807, 2.05) is 19.2 Å². The van der Waals surface area contributed by atoms with Gasteiger partial charge in [-0.05, 0) is 30.3 Å². The second-order valence-corrected chi connectivity index (χ2v) is 4.36. The number of benzene rings is 1. The van der Waals surface area contributed by atoms with E-state index < -0.39 is 0 Å². The molecule has 1 aromatic carbocycles. The molecule has 1 aromatic rings. The Hall–Kier alpha value is -1.29. The van der Waals surface area contributed by atoms with E-state index >= 15 is 0 Å². The van der Waals surface area contributed by atoms with Gasteiger partial charge in [0, 0.05) is 19.5 Å². The van der Waals surface area contributed by atoms with Gasteiger partial charge < -0.3 is 15.4 Å². The molecular weight excluding hydrogens is 220 g/mol. The van der Waals surface area contributed by atoms with Gasteiger partial charge in [-0.25, -0.2) is 0 Å². The second kappa shape index (κ2) is 5.16. The monoisotopic (exact) mass is 236 g/mol. The van der Waals surface area contributed by atoms with Crippen molar-refractivity contribution in [1.82, 2.24) is 10.6 Å². The van der Waals surface area contributed by atoms with Crippen molar-refractivity contribution in [3.8, 4) is 5.75 Å². The van der Waals surface area contributed by atoms with Gasteiger partial charge in [-0.15, -0.1) is 0 Å². The number of ether oxygens (including phenoxy) is 1. The molecule has 1 atom stereocenters. The molecule has 4 heteroatoms. The molecule has 0 aliphatic carbocycles. The number of hydrogen-bond donors (Lipinski definition) is 2. The van der Waals surface area contributed by atoms with Crippen molar-refractivity contribution in [3.05, 3.63) is 29.8 Å². The third kappa shape index (κ3) is 2.64. The fraction of sp³-hybridized carbons (Fsp3) is 0.417. The van der Waals surface area contributed by atoms with E-state index in [0.29, 0.717) is 11.0 Å². The van der Waals surface area contributed by atoms with E-state index in [0.717, 1.165) is 25.3 Å². The Kier molecular flexibility index (Phi) is 3.62. The van der Waals surface area contributed by atoms with Gasteiger partial charge in [0.15, 0.2) is 5.11 Å². The molecule has 0 saturated heterocycles. The van der Waals surface area contributed by atoms with Gasteiger partial charge in [0.1, 0.15) is 5.75 Å². The van der Waals surface area contributed by atoms with E-state index in [4.69, 9.17) is 17.0 Å². The quantitative estimate of drug-likeness (QED) is 0.759. The van der Waals surface area contributed by atoms with Crippen molar-refractivity contribution in [2.24, 2.45) is 5.92 Å². The molecule has 1 aliphatic heterocycles. The van der Waals surface area contributed by atoms with Crippen LogP contribution in [0.4, 0.5) is 0 Å². The molecule has 1 aliphatic rings. The highest BCUT2D eigenvalue weighted by Crippen LogP contribution is 2.26. The van der Waals surface area contributed by atoms with E-state index in [9.17, 15) is 0 Å². The van der Waals surface area contributed by atoms with E-state index in [1.165, 1.54) is 5.56 Å². The van der Waals surface area contributed by atoms with Crippen LogP contribution >= 0.6 is 12.2 Å². The zero-order chi connectivity index (χ0) is 11.4. The van der Waals surface area contributed by atoms with Crippen molar-refractivity contribution in [2.45, 2.75) is 6.42 Å². The molecule has 1 heterocycles. The number of rotatable bonds is 2. The zero-order valence-corrected chi connectivity index (χ0v) is 10.1. The van der Waals surface area contributed by atoms with Crippen molar-refractivity contribution in [2.75, 3.05) is 20.2 Å². The van der Waals surface area contributed by atoms with Gasteiger partial charge in [0.05, 0.1) is 6.61 Å². The lowest BCUT2D eigenvalue weighted by Crippen LogP contribution is -2.38. The minimum atomic E-state index is 0.487. The summed E-state index contributed by atoms with van der Waals surface area (Å²) in [7, 11) is 1.82. The second-order valence-electron chi connectivity index (χ2n) is 3.95. The average Bonchev–Trinajstić information content (AvgIpc) is 2.35. The van der Waals surface area contributed by atoms with Gasteiger partial charge >= 0.3 is 0 Å². The maximum atomic E-state index is 5.70. The Labute approximate surface area is 101 Å². The Bertz CT molecular complexity index is 381. The number of fused-ring (bicyclic) bond motifs is 1. The predicted molar refractivity (Wildman–Crippen MR) is 68.8 cm³/mol. The number of para-hydroxylation sites is 1. The molecule has 0 amide bonds. The maximum absolute atomic E-state index is 5.70. The first-order valence-electron chi connectivity index (χ1n) is 5.46. The lowest BCUT2D eigenvalue weighted by Gasteiger charge is -2.25. The summed E-state index contributed by atoms with van der Waals surface area (Å²) in [6.45, 7) is 1.62. The highest BCUT2D eigenvalue weighted by Gasteiger charge is 2.19. The third-order valence-electron chi connectivity index (χ3n) is 2.73. The average molecular weight is 236 g/mol. The highest BCUT2D eigenvalue weighted by atomic mass is 32.1. The topological polar surface area (TPSA) is 33.3 Å². The molecule has 0 unspecified atom stereocenters. The normalized spacial score (nSPS) is 18.2. The van der Waals surface area contributed by atoms with Gasteiger partial charge in [0.25, 0.3) is 0 Å². The summed E-state index contributed by atoms with van der Waals surface area (Å²) < 4.78 is 5.70. The Morgan fingerprint density at radius 3 is 3.12 bits per heavy atom. The maximum Gasteiger partial charge on any atom is 0.166 e. The first-order valence-corrected chi connectivity index (χ1v) is 5.86. The van der Waals surface area contributed by atoms with Crippen LogP contribution in [0.25, 0.3) is 0 Å². The summed E-state index contributed by atoms with van der Waals surface area (Å²) in [4.78, 5) is 0. The molecule has 0 bridgehead atoms. The number of thiocarbonyl (C=S) groups is 1. The molecule has 0 saturated carbocycles. The highest BCUT2D eigenvalue weighted by molar-refractivity contribution is 7.80. The Morgan fingerprint density at radius 1 is 1.50 bits per heavy atom. The van der Waals surface area contributed by atoms with Crippen molar-refractivity contribution in [1.29, 1.82) is 0 Å². The number of nitrogens with one attached hydrogen (secondary N) is 2. The van der Waals surface area contributed by atoms with E-state index in [-0.39, 0.29) is 0 Å². The summed E-state index contributed by atoms with van der Waals surface area (Å²) >= 11 is 5.04. The predicted octanol–water partition coefficient (Wildman–Crippen LogP) is 1.33. The van der Waals surface area contributed by atoms with Crippen LogP contribution in [0.1, 0.15) is 5.56 Å².